The van der Waals surface area contributed by atoms with Crippen molar-refractivity contribution in [3.05, 3.63) is 22.4 Å². The second kappa shape index (κ2) is 5.27. The lowest BCUT2D eigenvalue weighted by atomic mass is 9.94. The smallest absolute Gasteiger partial charge is 0.0817 e. The summed E-state index contributed by atoms with van der Waals surface area (Å²) in [6, 6.07) is 4.20. The highest BCUT2D eigenvalue weighted by molar-refractivity contribution is 7.09. The Morgan fingerprint density at radius 1 is 1.50 bits per heavy atom. The van der Waals surface area contributed by atoms with Gasteiger partial charge in [-0.25, -0.2) is 0 Å². The van der Waals surface area contributed by atoms with Crippen molar-refractivity contribution in [2.75, 3.05) is 26.8 Å². The molecule has 0 amide bonds. The zero-order chi connectivity index (χ0) is 11.4. The molecule has 0 unspecified atom stereocenters. The molecule has 1 saturated heterocycles. The van der Waals surface area contributed by atoms with Crippen molar-refractivity contribution < 1.29 is 9.84 Å². The van der Waals surface area contributed by atoms with E-state index in [4.69, 9.17) is 4.74 Å². The molecule has 1 aliphatic heterocycles. The van der Waals surface area contributed by atoms with Crippen LogP contribution in [-0.4, -0.2) is 42.4 Å². The van der Waals surface area contributed by atoms with E-state index >= 15 is 0 Å². The average Bonchev–Trinajstić information content (AvgIpc) is 2.70. The summed E-state index contributed by atoms with van der Waals surface area (Å²) < 4.78 is 5.28. The Bertz CT molecular complexity index is 307. The van der Waals surface area contributed by atoms with Crippen molar-refractivity contribution in [3.8, 4) is 0 Å². The maximum Gasteiger partial charge on any atom is 0.0817 e. The minimum Gasteiger partial charge on any atom is -0.388 e. The molecule has 16 heavy (non-hydrogen) atoms. The second-order valence-electron chi connectivity index (χ2n) is 4.59. The third kappa shape index (κ3) is 3.28. The minimum absolute atomic E-state index is 0.551. The van der Waals surface area contributed by atoms with E-state index in [1.165, 1.54) is 4.88 Å². The lowest BCUT2D eigenvalue weighted by molar-refractivity contribution is -0.0776. The Morgan fingerprint density at radius 2 is 2.25 bits per heavy atom. The SMILES string of the molecule is CN(Cc1cccs1)CC1(O)CCOCC1. The van der Waals surface area contributed by atoms with Gasteiger partial charge in [0, 0.05) is 44.0 Å². The van der Waals surface area contributed by atoms with Crippen molar-refractivity contribution in [1.82, 2.24) is 4.90 Å². The Morgan fingerprint density at radius 3 is 2.88 bits per heavy atom. The molecule has 0 bridgehead atoms. The van der Waals surface area contributed by atoms with Gasteiger partial charge in [-0.15, -0.1) is 11.3 Å². The molecule has 90 valence electrons. The number of aliphatic hydroxyl groups is 1. The molecular formula is C12H19NO2S. The second-order valence-corrected chi connectivity index (χ2v) is 5.62. The molecular weight excluding hydrogens is 222 g/mol. The molecule has 1 aliphatic rings. The van der Waals surface area contributed by atoms with Crippen LogP contribution in [0.25, 0.3) is 0 Å². The van der Waals surface area contributed by atoms with Gasteiger partial charge in [0.05, 0.1) is 5.60 Å². The number of thiophene rings is 1. The first-order valence-corrected chi connectivity index (χ1v) is 6.57. The summed E-state index contributed by atoms with van der Waals surface area (Å²) in [7, 11) is 2.06. The topological polar surface area (TPSA) is 32.7 Å². The Hall–Kier alpha value is -0.420. The van der Waals surface area contributed by atoms with E-state index in [1.54, 1.807) is 11.3 Å². The summed E-state index contributed by atoms with van der Waals surface area (Å²) in [6.45, 7) is 3.02. The number of nitrogens with zero attached hydrogens (tertiary/aromatic N) is 1. The van der Waals surface area contributed by atoms with E-state index in [9.17, 15) is 5.11 Å². The highest BCUT2D eigenvalue weighted by atomic mass is 32.1. The van der Waals surface area contributed by atoms with Crippen molar-refractivity contribution in [3.63, 3.8) is 0 Å². The maximum absolute atomic E-state index is 10.4. The Balaban J connectivity index is 1.84. The molecule has 2 rings (SSSR count). The molecule has 2 heterocycles. The van der Waals surface area contributed by atoms with Gasteiger partial charge in [-0.3, -0.25) is 4.90 Å². The molecule has 3 nitrogen and oxygen atoms in total. The predicted molar refractivity (Wildman–Crippen MR) is 65.7 cm³/mol. The van der Waals surface area contributed by atoms with Gasteiger partial charge in [-0.05, 0) is 18.5 Å². The molecule has 0 saturated carbocycles. The monoisotopic (exact) mass is 241 g/mol. The van der Waals surface area contributed by atoms with Crippen LogP contribution in [0.3, 0.4) is 0 Å². The van der Waals surface area contributed by atoms with Gasteiger partial charge in [-0.2, -0.15) is 0 Å². The molecule has 1 aromatic heterocycles. The molecule has 0 aromatic carbocycles. The van der Waals surface area contributed by atoms with Crippen LogP contribution in [0.2, 0.25) is 0 Å². The van der Waals surface area contributed by atoms with E-state index in [2.05, 4.69) is 29.5 Å². The van der Waals surface area contributed by atoms with Crippen LogP contribution >= 0.6 is 11.3 Å². The van der Waals surface area contributed by atoms with E-state index in [0.717, 1.165) is 25.9 Å². The minimum atomic E-state index is -0.551. The highest BCUT2D eigenvalue weighted by Gasteiger charge is 2.30. The number of hydrogen-bond acceptors (Lipinski definition) is 4. The van der Waals surface area contributed by atoms with Crippen LogP contribution in [-0.2, 0) is 11.3 Å². The lowest BCUT2D eigenvalue weighted by Gasteiger charge is -2.35. The van der Waals surface area contributed by atoms with Crippen LogP contribution in [0.4, 0.5) is 0 Å². The fourth-order valence-corrected chi connectivity index (χ4v) is 2.92. The van der Waals surface area contributed by atoms with Gasteiger partial charge in [0.25, 0.3) is 0 Å². The van der Waals surface area contributed by atoms with Crippen molar-refractivity contribution in [2.45, 2.75) is 25.0 Å². The van der Waals surface area contributed by atoms with E-state index in [1.807, 2.05) is 0 Å². The first kappa shape index (κ1) is 12.0. The normalized spacial score (nSPS) is 20.2. The highest BCUT2D eigenvalue weighted by Crippen LogP contribution is 2.22. The van der Waals surface area contributed by atoms with Crippen LogP contribution in [0.15, 0.2) is 17.5 Å². The molecule has 0 aliphatic carbocycles. The standard InChI is InChI=1S/C12H19NO2S/c1-13(9-11-3-2-8-16-11)10-12(14)4-6-15-7-5-12/h2-3,8,14H,4-7,9-10H2,1H3. The van der Waals surface area contributed by atoms with Gasteiger partial charge >= 0.3 is 0 Å². The van der Waals surface area contributed by atoms with Crippen LogP contribution < -0.4 is 0 Å². The molecule has 1 N–H and O–H groups in total. The first-order valence-electron chi connectivity index (χ1n) is 5.69. The van der Waals surface area contributed by atoms with E-state index in [0.29, 0.717) is 13.2 Å². The molecule has 1 fully saturated rings. The number of likely N-dealkylation sites (N-methyl/N-ethyl adjacent to an activating group) is 1. The largest absolute Gasteiger partial charge is 0.388 e. The van der Waals surface area contributed by atoms with Crippen molar-refractivity contribution >= 4 is 11.3 Å². The van der Waals surface area contributed by atoms with Crippen molar-refractivity contribution in [2.24, 2.45) is 0 Å². The average molecular weight is 241 g/mol. The van der Waals surface area contributed by atoms with Crippen LogP contribution in [0.5, 0.6) is 0 Å². The first-order chi connectivity index (χ1) is 7.68. The predicted octanol–water partition coefficient (Wildman–Crippen LogP) is 1.72. The summed E-state index contributed by atoms with van der Waals surface area (Å²) >= 11 is 1.76. The zero-order valence-electron chi connectivity index (χ0n) is 9.69. The molecule has 0 spiro atoms. The van der Waals surface area contributed by atoms with Crippen LogP contribution in [0.1, 0.15) is 17.7 Å². The Labute approximate surface area is 101 Å². The summed E-state index contributed by atoms with van der Waals surface area (Å²) in [5.41, 5.74) is -0.551. The molecule has 0 atom stereocenters. The van der Waals surface area contributed by atoms with Gasteiger partial charge in [0.15, 0.2) is 0 Å². The van der Waals surface area contributed by atoms with Gasteiger partial charge in [0.2, 0.25) is 0 Å². The summed E-state index contributed by atoms with van der Waals surface area (Å²) in [4.78, 5) is 3.54. The van der Waals surface area contributed by atoms with Gasteiger partial charge in [0.1, 0.15) is 0 Å². The fourth-order valence-electron chi connectivity index (χ4n) is 2.14. The van der Waals surface area contributed by atoms with E-state index in [-0.39, 0.29) is 0 Å². The lowest BCUT2D eigenvalue weighted by Crippen LogP contribution is -2.45. The van der Waals surface area contributed by atoms with Crippen LogP contribution in [0, 0.1) is 0 Å². The number of hydrogen-bond donors (Lipinski definition) is 1. The quantitative estimate of drug-likeness (QED) is 0.871. The summed E-state index contributed by atoms with van der Waals surface area (Å²) in [6.07, 6.45) is 1.50. The number of ether oxygens (including phenoxy) is 1. The third-order valence-electron chi connectivity index (χ3n) is 2.99. The molecule has 0 radical (unpaired) electrons. The van der Waals surface area contributed by atoms with E-state index < -0.39 is 5.60 Å². The summed E-state index contributed by atoms with van der Waals surface area (Å²) in [5.74, 6) is 0. The molecule has 4 heteroatoms. The molecule has 1 aromatic rings. The maximum atomic E-state index is 10.4. The zero-order valence-corrected chi connectivity index (χ0v) is 10.5. The third-order valence-corrected chi connectivity index (χ3v) is 3.85. The van der Waals surface area contributed by atoms with Crippen molar-refractivity contribution in [1.29, 1.82) is 0 Å². The number of rotatable bonds is 4. The Kier molecular flexibility index (Phi) is 3.97. The fraction of sp³-hybridized carbons (Fsp3) is 0.667. The van der Waals surface area contributed by atoms with Gasteiger partial charge in [-0.1, -0.05) is 6.07 Å². The summed E-state index contributed by atoms with van der Waals surface area (Å²) in [5, 5.41) is 12.4. The van der Waals surface area contributed by atoms with Gasteiger partial charge < -0.3 is 9.84 Å².